The number of aliphatic hydroxyl groups excluding tert-OH is 2. The summed E-state index contributed by atoms with van der Waals surface area (Å²) in [5, 5.41) is 35.1. The van der Waals surface area contributed by atoms with Crippen LogP contribution in [0.15, 0.2) is 41.5 Å². The molecule has 1 heterocycles. The minimum Gasteiger partial charge on any atom is -0.455 e. The molecule has 1 aliphatic heterocycles. The minimum atomic E-state index is -2.13. The Kier molecular flexibility index (Phi) is 6.23. The monoisotopic (exact) mass is 542 g/mol. The highest BCUT2D eigenvalue weighted by Gasteiger charge is 2.78. The summed E-state index contributed by atoms with van der Waals surface area (Å²) in [6.45, 7) is 7.00. The molecule has 3 aliphatic carbocycles. The predicted octanol–water partition coefficient (Wildman–Crippen LogP) is 1.29. The average molecular weight is 543 g/mol. The van der Waals surface area contributed by atoms with Gasteiger partial charge in [0.15, 0.2) is 5.60 Å². The lowest BCUT2D eigenvalue weighted by Gasteiger charge is -2.66. The summed E-state index contributed by atoms with van der Waals surface area (Å²) in [6.07, 6.45) is -5.74. The van der Waals surface area contributed by atoms with E-state index in [-0.39, 0.29) is 36.2 Å². The summed E-state index contributed by atoms with van der Waals surface area (Å²) in [5.74, 6) is -4.86. The molecule has 39 heavy (non-hydrogen) atoms. The Hall–Kier alpha value is -2.92. The Bertz CT molecular complexity index is 1280. The second kappa shape index (κ2) is 8.79. The summed E-state index contributed by atoms with van der Waals surface area (Å²) in [5.41, 5.74) is -6.86. The fourth-order valence-corrected chi connectivity index (χ4v) is 7.45. The Labute approximate surface area is 225 Å². The number of carbonyl (C=O) groups is 4. The van der Waals surface area contributed by atoms with Crippen molar-refractivity contribution in [1.29, 1.82) is 0 Å². The van der Waals surface area contributed by atoms with Gasteiger partial charge in [-0.3, -0.25) is 14.4 Å². The first-order valence-electron chi connectivity index (χ1n) is 13.1. The van der Waals surface area contributed by atoms with E-state index in [0.717, 1.165) is 0 Å². The van der Waals surface area contributed by atoms with Crippen molar-refractivity contribution in [2.45, 2.75) is 83.1 Å². The highest BCUT2D eigenvalue weighted by atomic mass is 16.6. The molecule has 0 amide bonds. The van der Waals surface area contributed by atoms with Crippen LogP contribution in [-0.4, -0.2) is 81.0 Å². The number of fused-ring (bicyclic) bond motifs is 5. The molecule has 10 nitrogen and oxygen atoms in total. The largest absolute Gasteiger partial charge is 0.455 e. The predicted molar refractivity (Wildman–Crippen MR) is 134 cm³/mol. The van der Waals surface area contributed by atoms with Crippen molar-refractivity contribution in [2.75, 3.05) is 6.61 Å². The van der Waals surface area contributed by atoms with Crippen molar-refractivity contribution in [3.8, 4) is 0 Å². The first-order chi connectivity index (χ1) is 18.1. The van der Waals surface area contributed by atoms with Crippen molar-refractivity contribution in [1.82, 2.24) is 0 Å². The second-order valence-electron chi connectivity index (χ2n) is 12.0. The molecule has 2 bridgehead atoms. The number of ether oxygens (including phenoxy) is 3. The van der Waals surface area contributed by atoms with Crippen LogP contribution in [0.3, 0.4) is 0 Å². The lowest BCUT2D eigenvalue weighted by Crippen LogP contribution is -2.81. The van der Waals surface area contributed by atoms with E-state index in [1.165, 1.54) is 32.9 Å². The zero-order chi connectivity index (χ0) is 28.7. The molecule has 0 spiro atoms. The van der Waals surface area contributed by atoms with Gasteiger partial charge in [0.25, 0.3) is 0 Å². The standard InChI is InChI=1S/C29H34O10/c1-14-17(31)12-29(36)24(38-25(35)16-9-7-6-8-10-16)22-27(5,23(34)21(33)20(14)26(29,3)4)18(32)11-19-28(22,13-37-19)39-15(2)30/h6-10,17-19,22,24,31-32,36H,11-13H2,1-5H3/t17-,18+,19?,22-,24-,27+,28-,29+/m0/s1. The molecule has 2 saturated carbocycles. The number of hydrogen-bond donors (Lipinski definition) is 3. The first-order valence-corrected chi connectivity index (χ1v) is 13.1. The van der Waals surface area contributed by atoms with Crippen LogP contribution in [0.1, 0.15) is 57.8 Å². The lowest BCUT2D eigenvalue weighted by molar-refractivity contribution is -0.343. The molecule has 0 aromatic heterocycles. The van der Waals surface area contributed by atoms with E-state index in [0.29, 0.717) is 0 Å². The van der Waals surface area contributed by atoms with Crippen LogP contribution in [0.2, 0.25) is 0 Å². The molecule has 1 aromatic carbocycles. The highest BCUT2D eigenvalue weighted by molar-refractivity contribution is 6.46. The third-order valence-electron chi connectivity index (χ3n) is 9.74. The molecular weight excluding hydrogens is 508 g/mol. The molecule has 8 atom stereocenters. The minimum absolute atomic E-state index is 0.0881. The van der Waals surface area contributed by atoms with Crippen molar-refractivity contribution < 1.29 is 48.7 Å². The normalized spacial score (nSPS) is 40.9. The SMILES string of the molecule is CC(=O)O[C@@]12COC1C[C@@H](O)[C@@]1(C)C(=O)C(=O)C3=C(C)[C@@H](O)C[C@@](O)([C@@H](OC(=O)c4ccccc4)[C@@H]12)C3(C)C. The molecule has 1 saturated heterocycles. The summed E-state index contributed by atoms with van der Waals surface area (Å²) >= 11 is 0. The van der Waals surface area contributed by atoms with Crippen molar-refractivity contribution in [3.05, 3.63) is 47.0 Å². The summed E-state index contributed by atoms with van der Waals surface area (Å²) in [4.78, 5) is 54.1. The summed E-state index contributed by atoms with van der Waals surface area (Å²) in [7, 11) is 0. The molecular formula is C29H34O10. The zero-order valence-electron chi connectivity index (χ0n) is 22.6. The van der Waals surface area contributed by atoms with Crippen LogP contribution in [0.4, 0.5) is 0 Å². The molecule has 1 aromatic rings. The summed E-state index contributed by atoms with van der Waals surface area (Å²) in [6, 6.07) is 8.02. The molecule has 3 N–H and O–H groups in total. The topological polar surface area (TPSA) is 157 Å². The van der Waals surface area contributed by atoms with E-state index in [1.54, 1.807) is 32.0 Å². The maximum Gasteiger partial charge on any atom is 0.338 e. The van der Waals surface area contributed by atoms with Crippen LogP contribution in [0.25, 0.3) is 0 Å². The van der Waals surface area contributed by atoms with E-state index < -0.39 is 75.9 Å². The maximum atomic E-state index is 14.2. The van der Waals surface area contributed by atoms with E-state index >= 15 is 0 Å². The number of hydrogen-bond acceptors (Lipinski definition) is 10. The third kappa shape index (κ3) is 3.54. The molecule has 10 heteroatoms. The molecule has 0 radical (unpaired) electrons. The Morgan fingerprint density at radius 1 is 1.08 bits per heavy atom. The van der Waals surface area contributed by atoms with Crippen molar-refractivity contribution >= 4 is 23.5 Å². The van der Waals surface area contributed by atoms with Crippen LogP contribution >= 0.6 is 0 Å². The van der Waals surface area contributed by atoms with Crippen molar-refractivity contribution in [3.63, 3.8) is 0 Å². The van der Waals surface area contributed by atoms with Gasteiger partial charge in [-0.1, -0.05) is 32.0 Å². The maximum absolute atomic E-state index is 14.2. The number of Topliss-reactive ketones (excluding diaryl/α,β-unsaturated/α-hetero) is 2. The number of aliphatic hydroxyl groups is 3. The number of carbonyl (C=O) groups excluding carboxylic acids is 4. The summed E-state index contributed by atoms with van der Waals surface area (Å²) < 4.78 is 17.6. The van der Waals surface area contributed by atoms with Gasteiger partial charge in [-0.15, -0.1) is 0 Å². The number of ketones is 2. The smallest absolute Gasteiger partial charge is 0.338 e. The fraction of sp³-hybridized carbons (Fsp3) is 0.586. The van der Waals surface area contributed by atoms with Crippen LogP contribution in [0, 0.1) is 16.7 Å². The van der Waals surface area contributed by atoms with Gasteiger partial charge >= 0.3 is 11.9 Å². The lowest BCUT2D eigenvalue weighted by atomic mass is 9.45. The fourth-order valence-electron chi connectivity index (χ4n) is 7.45. The van der Waals surface area contributed by atoms with E-state index in [4.69, 9.17) is 14.2 Å². The quantitative estimate of drug-likeness (QED) is 0.376. The highest BCUT2D eigenvalue weighted by Crippen LogP contribution is 2.63. The zero-order valence-corrected chi connectivity index (χ0v) is 22.6. The Morgan fingerprint density at radius 3 is 2.28 bits per heavy atom. The Morgan fingerprint density at radius 2 is 1.72 bits per heavy atom. The van der Waals surface area contributed by atoms with E-state index in [1.807, 2.05) is 0 Å². The van der Waals surface area contributed by atoms with Gasteiger partial charge in [0.1, 0.15) is 17.8 Å². The third-order valence-corrected chi connectivity index (χ3v) is 9.74. The van der Waals surface area contributed by atoms with Gasteiger partial charge < -0.3 is 29.5 Å². The van der Waals surface area contributed by atoms with Crippen LogP contribution in [0.5, 0.6) is 0 Å². The second-order valence-corrected chi connectivity index (χ2v) is 12.0. The van der Waals surface area contributed by atoms with Crippen molar-refractivity contribution in [2.24, 2.45) is 16.7 Å². The van der Waals surface area contributed by atoms with Gasteiger partial charge in [0, 0.05) is 30.8 Å². The van der Waals surface area contributed by atoms with Crippen LogP contribution in [-0.2, 0) is 28.6 Å². The van der Waals surface area contributed by atoms with Gasteiger partial charge in [-0.25, -0.2) is 4.79 Å². The van der Waals surface area contributed by atoms with E-state index in [9.17, 15) is 34.5 Å². The van der Waals surface area contributed by atoms with Gasteiger partial charge in [-0.2, -0.15) is 0 Å². The number of benzene rings is 1. The van der Waals surface area contributed by atoms with Gasteiger partial charge in [0.2, 0.25) is 11.6 Å². The number of rotatable bonds is 3. The molecule has 1 unspecified atom stereocenters. The molecule has 4 aliphatic rings. The molecule has 5 rings (SSSR count). The van der Waals surface area contributed by atoms with E-state index in [2.05, 4.69) is 0 Å². The van der Waals surface area contributed by atoms with Crippen LogP contribution < -0.4 is 0 Å². The molecule has 210 valence electrons. The first kappa shape index (κ1) is 27.6. The molecule has 3 fully saturated rings. The Balaban J connectivity index is 1.82. The number of esters is 2. The van der Waals surface area contributed by atoms with Gasteiger partial charge in [0.05, 0.1) is 35.7 Å². The van der Waals surface area contributed by atoms with Gasteiger partial charge in [-0.05, 0) is 31.6 Å². The average Bonchev–Trinajstić information content (AvgIpc) is 2.87.